The Hall–Kier alpha value is -3.51. The third-order valence-corrected chi connectivity index (χ3v) is 4.65. The molecule has 0 saturated heterocycles. The lowest BCUT2D eigenvalue weighted by Crippen LogP contribution is -2.31. The Labute approximate surface area is 162 Å². The van der Waals surface area contributed by atoms with E-state index in [2.05, 4.69) is 16.2 Å². The van der Waals surface area contributed by atoms with Crippen molar-refractivity contribution < 1.29 is 18.7 Å². The van der Waals surface area contributed by atoms with E-state index in [0.29, 0.717) is 21.3 Å². The number of benzene rings is 1. The summed E-state index contributed by atoms with van der Waals surface area (Å²) in [5, 5.41) is 4.44. The standard InChI is InChI=1S/C19H14FN3O4S/c1-2-7-21-15(24)9-27-16(25)8-23-11-22-18-17(19(23)26)14(10-28-18)12-3-5-13(20)6-4-12/h1,3-6,10-11H,7-9H2,(H,21,24). The van der Waals surface area contributed by atoms with E-state index < -0.39 is 30.6 Å². The average molecular weight is 399 g/mol. The Morgan fingerprint density at radius 1 is 1.32 bits per heavy atom. The van der Waals surface area contributed by atoms with E-state index in [4.69, 9.17) is 11.2 Å². The van der Waals surface area contributed by atoms with Gasteiger partial charge >= 0.3 is 5.97 Å². The fourth-order valence-electron chi connectivity index (χ4n) is 2.45. The lowest BCUT2D eigenvalue weighted by atomic mass is 10.1. The molecule has 7 nitrogen and oxygen atoms in total. The number of nitrogens with zero attached hydrogens (tertiary/aromatic N) is 2. The monoisotopic (exact) mass is 399 g/mol. The Kier molecular flexibility index (Phi) is 5.81. The first-order valence-corrected chi connectivity index (χ1v) is 8.96. The molecule has 0 aliphatic rings. The van der Waals surface area contributed by atoms with Crippen molar-refractivity contribution in [2.45, 2.75) is 6.54 Å². The Morgan fingerprint density at radius 3 is 2.79 bits per heavy atom. The number of hydrogen-bond donors (Lipinski definition) is 1. The maximum atomic E-state index is 13.2. The predicted octanol–water partition coefficient (Wildman–Crippen LogP) is 1.56. The molecule has 0 fully saturated rings. The highest BCUT2D eigenvalue weighted by Gasteiger charge is 2.15. The highest BCUT2D eigenvalue weighted by atomic mass is 32.1. The molecule has 0 aliphatic carbocycles. The van der Waals surface area contributed by atoms with E-state index in [9.17, 15) is 18.8 Å². The number of halogens is 1. The van der Waals surface area contributed by atoms with Gasteiger partial charge in [0.05, 0.1) is 18.3 Å². The second-order valence-corrected chi connectivity index (χ2v) is 6.51. The minimum absolute atomic E-state index is 0.0285. The summed E-state index contributed by atoms with van der Waals surface area (Å²) >= 11 is 1.27. The van der Waals surface area contributed by atoms with Crippen molar-refractivity contribution in [1.29, 1.82) is 0 Å². The van der Waals surface area contributed by atoms with Crippen LogP contribution in [0.15, 0.2) is 40.8 Å². The molecule has 0 bridgehead atoms. The number of nitrogens with one attached hydrogen (secondary N) is 1. The van der Waals surface area contributed by atoms with Gasteiger partial charge in [-0.3, -0.25) is 19.0 Å². The molecule has 0 atom stereocenters. The first-order chi connectivity index (χ1) is 13.5. The van der Waals surface area contributed by atoms with Crippen LogP contribution in [0.4, 0.5) is 4.39 Å². The van der Waals surface area contributed by atoms with E-state index in [0.717, 1.165) is 4.57 Å². The van der Waals surface area contributed by atoms with E-state index >= 15 is 0 Å². The van der Waals surface area contributed by atoms with Crippen LogP contribution in [-0.4, -0.2) is 34.6 Å². The largest absolute Gasteiger partial charge is 0.454 e. The van der Waals surface area contributed by atoms with Gasteiger partial charge < -0.3 is 10.1 Å². The van der Waals surface area contributed by atoms with Gasteiger partial charge in [-0.15, -0.1) is 17.8 Å². The van der Waals surface area contributed by atoms with Gasteiger partial charge in [0.25, 0.3) is 11.5 Å². The molecule has 142 valence electrons. The third kappa shape index (κ3) is 4.24. The van der Waals surface area contributed by atoms with E-state index in [1.165, 1.54) is 29.8 Å². The fraction of sp³-hybridized carbons (Fsp3) is 0.158. The maximum Gasteiger partial charge on any atom is 0.326 e. The minimum Gasteiger partial charge on any atom is -0.454 e. The van der Waals surface area contributed by atoms with Crippen LogP contribution in [0, 0.1) is 18.2 Å². The lowest BCUT2D eigenvalue weighted by Gasteiger charge is -2.07. The highest BCUT2D eigenvalue weighted by Crippen LogP contribution is 2.30. The maximum absolute atomic E-state index is 13.2. The van der Waals surface area contributed by atoms with E-state index in [1.807, 2.05) is 0 Å². The topological polar surface area (TPSA) is 90.3 Å². The molecule has 0 radical (unpaired) electrons. The normalized spacial score (nSPS) is 10.4. The first kappa shape index (κ1) is 19.3. The average Bonchev–Trinajstić information content (AvgIpc) is 3.12. The molecule has 0 aliphatic heterocycles. The summed E-state index contributed by atoms with van der Waals surface area (Å²) in [5.41, 5.74) is 0.838. The molecule has 2 aromatic heterocycles. The van der Waals surface area contributed by atoms with Crippen molar-refractivity contribution in [3.05, 3.63) is 52.1 Å². The Balaban J connectivity index is 1.80. The summed E-state index contributed by atoms with van der Waals surface area (Å²) in [4.78, 5) is 40.8. The van der Waals surface area contributed by atoms with E-state index in [1.54, 1.807) is 17.5 Å². The molecule has 2 heterocycles. The number of thiophene rings is 1. The Morgan fingerprint density at radius 2 is 2.07 bits per heavy atom. The molecule has 1 aromatic carbocycles. The van der Waals surface area contributed by atoms with Crippen LogP contribution in [0.5, 0.6) is 0 Å². The third-order valence-electron chi connectivity index (χ3n) is 3.77. The summed E-state index contributed by atoms with van der Waals surface area (Å²) in [5.74, 6) is 0.538. The molecule has 9 heteroatoms. The summed E-state index contributed by atoms with van der Waals surface area (Å²) in [7, 11) is 0. The second kappa shape index (κ2) is 8.45. The van der Waals surface area contributed by atoms with Crippen molar-refractivity contribution >= 4 is 33.4 Å². The highest BCUT2D eigenvalue weighted by molar-refractivity contribution is 7.17. The van der Waals surface area contributed by atoms with Gasteiger partial charge in [-0.05, 0) is 17.7 Å². The predicted molar refractivity (Wildman–Crippen MR) is 102 cm³/mol. The molecule has 28 heavy (non-hydrogen) atoms. The molecule has 0 spiro atoms. The number of amides is 1. The van der Waals surface area contributed by atoms with Gasteiger partial charge in [-0.2, -0.15) is 0 Å². The molecule has 3 rings (SSSR count). The number of rotatable bonds is 6. The summed E-state index contributed by atoms with van der Waals surface area (Å²) in [6, 6.07) is 5.74. The van der Waals surface area contributed by atoms with Gasteiger partial charge in [0.1, 0.15) is 17.2 Å². The molecule has 3 aromatic rings. The number of esters is 1. The summed E-state index contributed by atoms with van der Waals surface area (Å²) < 4.78 is 19.1. The van der Waals surface area contributed by atoms with Crippen LogP contribution in [-0.2, 0) is 20.9 Å². The van der Waals surface area contributed by atoms with Gasteiger partial charge in [0.15, 0.2) is 6.61 Å². The molecular weight excluding hydrogens is 385 g/mol. The molecule has 1 amide bonds. The zero-order valence-corrected chi connectivity index (χ0v) is 15.3. The Bertz CT molecular complexity index is 1130. The van der Waals surface area contributed by atoms with E-state index in [-0.39, 0.29) is 12.4 Å². The SMILES string of the molecule is C#CCNC(=O)COC(=O)Cn1cnc2scc(-c3ccc(F)cc3)c2c1=O. The molecule has 0 saturated carbocycles. The van der Waals surface area contributed by atoms with Crippen molar-refractivity contribution in [2.75, 3.05) is 13.2 Å². The van der Waals surface area contributed by atoms with Gasteiger partial charge in [0, 0.05) is 10.9 Å². The van der Waals surface area contributed by atoms with Crippen molar-refractivity contribution in [2.24, 2.45) is 0 Å². The number of ether oxygens (including phenoxy) is 1. The number of fused-ring (bicyclic) bond motifs is 1. The van der Waals surface area contributed by atoms with Crippen LogP contribution in [0.25, 0.3) is 21.3 Å². The zero-order chi connectivity index (χ0) is 20.1. The van der Waals surface area contributed by atoms with Crippen LogP contribution in [0.3, 0.4) is 0 Å². The first-order valence-electron chi connectivity index (χ1n) is 8.08. The lowest BCUT2D eigenvalue weighted by molar-refractivity contribution is -0.149. The smallest absolute Gasteiger partial charge is 0.326 e. The van der Waals surface area contributed by atoms with Crippen molar-refractivity contribution in [3.63, 3.8) is 0 Å². The zero-order valence-electron chi connectivity index (χ0n) is 14.5. The number of terminal acetylenes is 1. The van der Waals surface area contributed by atoms with Gasteiger partial charge in [-0.25, -0.2) is 9.37 Å². The second-order valence-electron chi connectivity index (χ2n) is 5.66. The fourth-order valence-corrected chi connectivity index (χ4v) is 3.36. The minimum atomic E-state index is -0.766. The number of aromatic nitrogens is 2. The molecular formula is C19H14FN3O4S. The number of hydrogen-bond acceptors (Lipinski definition) is 6. The van der Waals surface area contributed by atoms with Crippen molar-refractivity contribution in [3.8, 4) is 23.5 Å². The van der Waals surface area contributed by atoms with Crippen LogP contribution >= 0.6 is 11.3 Å². The molecule has 1 N–H and O–H groups in total. The van der Waals surface area contributed by atoms with Gasteiger partial charge in [0.2, 0.25) is 0 Å². The van der Waals surface area contributed by atoms with Crippen LogP contribution in [0.1, 0.15) is 0 Å². The quantitative estimate of drug-likeness (QED) is 0.502. The molecule has 0 unspecified atom stereocenters. The summed E-state index contributed by atoms with van der Waals surface area (Å²) in [6.45, 7) is -0.867. The number of carbonyl (C=O) groups excluding carboxylic acids is 2. The van der Waals surface area contributed by atoms with Crippen molar-refractivity contribution in [1.82, 2.24) is 14.9 Å². The summed E-state index contributed by atoms with van der Waals surface area (Å²) in [6.07, 6.45) is 6.26. The number of carbonyl (C=O) groups is 2. The van der Waals surface area contributed by atoms with Crippen LogP contribution in [0.2, 0.25) is 0 Å². The van der Waals surface area contributed by atoms with Gasteiger partial charge in [-0.1, -0.05) is 18.1 Å². The van der Waals surface area contributed by atoms with Crippen LogP contribution < -0.4 is 10.9 Å².